The number of likely N-dealkylation sites (N-methyl/N-ethyl adjacent to an activating group) is 1. The van der Waals surface area contributed by atoms with Crippen molar-refractivity contribution >= 4 is 33.6 Å². The predicted molar refractivity (Wildman–Crippen MR) is 133 cm³/mol. The van der Waals surface area contributed by atoms with Gasteiger partial charge in [0.15, 0.2) is 0 Å². The summed E-state index contributed by atoms with van der Waals surface area (Å²) in [4.78, 5) is 33.4. The molecule has 0 radical (unpaired) electrons. The van der Waals surface area contributed by atoms with E-state index >= 15 is 0 Å². The van der Waals surface area contributed by atoms with Crippen molar-refractivity contribution in [2.75, 3.05) is 33.7 Å². The number of carbonyl (C=O) groups is 2. The summed E-state index contributed by atoms with van der Waals surface area (Å²) in [7, 11) is 3.90. The van der Waals surface area contributed by atoms with E-state index in [0.29, 0.717) is 36.3 Å². The first kappa shape index (κ1) is 23.5. The molecule has 2 aromatic carbocycles. The molecule has 0 unspecified atom stereocenters. The molecule has 4 aromatic rings. The number of halogens is 1. The molecule has 0 saturated carbocycles. The van der Waals surface area contributed by atoms with Crippen molar-refractivity contribution in [2.24, 2.45) is 0 Å². The molecule has 0 aliphatic heterocycles. The largest absolute Gasteiger partial charge is 0.356 e. The lowest BCUT2D eigenvalue weighted by atomic mass is 10.0. The van der Waals surface area contributed by atoms with Crippen LogP contribution in [0.2, 0.25) is 0 Å². The zero-order chi connectivity index (χ0) is 24.4. The van der Waals surface area contributed by atoms with Crippen LogP contribution in [0.4, 0.5) is 4.39 Å². The van der Waals surface area contributed by atoms with E-state index in [1.54, 1.807) is 24.3 Å². The van der Waals surface area contributed by atoms with E-state index in [1.807, 2.05) is 38.9 Å². The molecular formula is C26H30FN5O2. The van der Waals surface area contributed by atoms with Gasteiger partial charge >= 0.3 is 0 Å². The quantitative estimate of drug-likeness (QED) is 0.321. The third-order valence-corrected chi connectivity index (χ3v) is 6.06. The third kappa shape index (κ3) is 4.82. The number of aromatic nitrogens is 2. The molecule has 0 spiro atoms. The number of hydrogen-bond donors (Lipinski definition) is 4. The van der Waals surface area contributed by atoms with Crippen LogP contribution in [0.15, 0.2) is 36.4 Å². The van der Waals surface area contributed by atoms with E-state index in [-0.39, 0.29) is 17.6 Å². The van der Waals surface area contributed by atoms with Crippen molar-refractivity contribution in [1.29, 1.82) is 0 Å². The summed E-state index contributed by atoms with van der Waals surface area (Å²) >= 11 is 0. The van der Waals surface area contributed by atoms with E-state index in [9.17, 15) is 14.0 Å². The molecule has 0 atom stereocenters. The monoisotopic (exact) mass is 463 g/mol. The number of fused-ring (bicyclic) bond motifs is 2. The standard InChI is InChI=1S/C26H30FN5O2/c1-15-5-8-20(27)24-23(15)19(16(2)30-24)9-10-28-26(34)22-13-17-6-7-18(14-21(17)31-22)25(33)29-11-12-32(3)4/h5-8,13-14,30-31H,9-12H2,1-4H3,(H,28,34)(H,29,33). The van der Waals surface area contributed by atoms with Crippen LogP contribution in [0.25, 0.3) is 21.8 Å². The maximum atomic E-state index is 14.2. The van der Waals surface area contributed by atoms with E-state index < -0.39 is 0 Å². The fourth-order valence-corrected chi connectivity index (χ4v) is 4.24. The second-order valence-electron chi connectivity index (χ2n) is 8.89. The maximum Gasteiger partial charge on any atom is 0.267 e. The van der Waals surface area contributed by atoms with Gasteiger partial charge in [-0.05, 0) is 69.8 Å². The van der Waals surface area contributed by atoms with Gasteiger partial charge in [-0.1, -0.05) is 12.1 Å². The highest BCUT2D eigenvalue weighted by atomic mass is 19.1. The Kier molecular flexibility index (Phi) is 6.70. The third-order valence-electron chi connectivity index (χ3n) is 6.06. The van der Waals surface area contributed by atoms with E-state index in [0.717, 1.165) is 39.7 Å². The normalized spacial score (nSPS) is 11.5. The van der Waals surface area contributed by atoms with E-state index in [1.165, 1.54) is 6.07 Å². The van der Waals surface area contributed by atoms with Crippen LogP contribution < -0.4 is 10.6 Å². The zero-order valence-corrected chi connectivity index (χ0v) is 19.9. The Hall–Kier alpha value is -3.65. The molecule has 8 heteroatoms. The molecule has 2 amide bonds. The number of benzene rings is 2. The minimum Gasteiger partial charge on any atom is -0.356 e. The number of aryl methyl sites for hydroxylation is 2. The highest BCUT2D eigenvalue weighted by molar-refractivity contribution is 6.01. The highest BCUT2D eigenvalue weighted by Crippen LogP contribution is 2.28. The van der Waals surface area contributed by atoms with Crippen LogP contribution in [0.1, 0.15) is 37.7 Å². The Balaban J connectivity index is 1.42. The summed E-state index contributed by atoms with van der Waals surface area (Å²) in [6.07, 6.45) is 0.583. The fraction of sp³-hybridized carbons (Fsp3) is 0.308. The average Bonchev–Trinajstić information content (AvgIpc) is 3.37. The van der Waals surface area contributed by atoms with Crippen molar-refractivity contribution in [3.8, 4) is 0 Å². The summed E-state index contributed by atoms with van der Waals surface area (Å²) in [5, 5.41) is 7.57. The molecule has 0 aliphatic carbocycles. The van der Waals surface area contributed by atoms with Crippen LogP contribution in [-0.4, -0.2) is 60.4 Å². The number of H-pyrrole nitrogens is 2. The lowest BCUT2D eigenvalue weighted by Crippen LogP contribution is -2.31. The fourth-order valence-electron chi connectivity index (χ4n) is 4.24. The van der Waals surface area contributed by atoms with Crippen molar-refractivity contribution in [2.45, 2.75) is 20.3 Å². The predicted octanol–water partition coefficient (Wildman–Crippen LogP) is 3.67. The number of amides is 2. The molecule has 34 heavy (non-hydrogen) atoms. The molecule has 4 rings (SSSR count). The highest BCUT2D eigenvalue weighted by Gasteiger charge is 2.15. The van der Waals surface area contributed by atoms with Gasteiger partial charge in [0.25, 0.3) is 11.8 Å². The van der Waals surface area contributed by atoms with E-state index in [2.05, 4.69) is 20.6 Å². The topological polar surface area (TPSA) is 93.0 Å². The summed E-state index contributed by atoms with van der Waals surface area (Å²) in [6, 6.07) is 10.3. The van der Waals surface area contributed by atoms with Gasteiger partial charge in [-0.2, -0.15) is 0 Å². The number of carbonyl (C=O) groups excluding carboxylic acids is 2. The van der Waals surface area contributed by atoms with Gasteiger partial charge in [-0.25, -0.2) is 4.39 Å². The number of nitrogens with zero attached hydrogens (tertiary/aromatic N) is 1. The van der Waals surface area contributed by atoms with Crippen molar-refractivity contribution < 1.29 is 14.0 Å². The molecule has 178 valence electrons. The second kappa shape index (κ2) is 9.69. The van der Waals surface area contributed by atoms with Crippen LogP contribution in [0.5, 0.6) is 0 Å². The number of aromatic amines is 2. The van der Waals surface area contributed by atoms with Gasteiger partial charge < -0.3 is 25.5 Å². The van der Waals surface area contributed by atoms with Gasteiger partial charge in [0.05, 0.1) is 5.52 Å². The minimum atomic E-state index is -0.275. The Morgan fingerprint density at radius 3 is 2.50 bits per heavy atom. The smallest absolute Gasteiger partial charge is 0.267 e. The molecule has 0 fully saturated rings. The van der Waals surface area contributed by atoms with Crippen LogP contribution >= 0.6 is 0 Å². The van der Waals surface area contributed by atoms with Crippen molar-refractivity contribution in [3.05, 3.63) is 70.3 Å². The molecular weight excluding hydrogens is 433 g/mol. The number of nitrogens with one attached hydrogen (secondary N) is 4. The summed E-state index contributed by atoms with van der Waals surface area (Å²) in [5.74, 6) is -0.651. The van der Waals surface area contributed by atoms with Crippen molar-refractivity contribution in [1.82, 2.24) is 25.5 Å². The molecule has 0 aliphatic rings. The Morgan fingerprint density at radius 1 is 0.971 bits per heavy atom. The molecule has 2 heterocycles. The van der Waals surface area contributed by atoms with E-state index in [4.69, 9.17) is 0 Å². The summed E-state index contributed by atoms with van der Waals surface area (Å²) < 4.78 is 14.2. The minimum absolute atomic E-state index is 0.148. The molecule has 0 saturated heterocycles. The second-order valence-corrected chi connectivity index (χ2v) is 8.89. The summed E-state index contributed by atoms with van der Waals surface area (Å²) in [6.45, 7) is 5.61. The van der Waals surface area contributed by atoms with Gasteiger partial charge in [0, 0.05) is 47.2 Å². The zero-order valence-electron chi connectivity index (χ0n) is 19.9. The summed E-state index contributed by atoms with van der Waals surface area (Å²) in [5.41, 5.74) is 5.11. The lowest BCUT2D eigenvalue weighted by molar-refractivity contribution is 0.0943. The average molecular weight is 464 g/mol. The number of hydrogen-bond acceptors (Lipinski definition) is 3. The van der Waals surface area contributed by atoms with Crippen LogP contribution in [0, 0.1) is 19.7 Å². The van der Waals surface area contributed by atoms with Gasteiger partial charge in [-0.15, -0.1) is 0 Å². The maximum absolute atomic E-state index is 14.2. The molecule has 2 aromatic heterocycles. The van der Waals surface area contributed by atoms with Crippen molar-refractivity contribution in [3.63, 3.8) is 0 Å². The number of rotatable bonds is 8. The Morgan fingerprint density at radius 2 is 1.74 bits per heavy atom. The lowest BCUT2D eigenvalue weighted by Gasteiger charge is -2.10. The van der Waals surface area contributed by atoms with Gasteiger partial charge in [-0.3, -0.25) is 9.59 Å². The van der Waals surface area contributed by atoms with Gasteiger partial charge in [0.1, 0.15) is 11.5 Å². The first-order chi connectivity index (χ1) is 16.2. The first-order valence-electron chi connectivity index (χ1n) is 11.3. The molecule has 4 N–H and O–H groups in total. The SMILES string of the molecule is Cc1[nH]c2c(F)ccc(C)c2c1CCNC(=O)c1cc2ccc(C(=O)NCCN(C)C)cc2[nH]1. The first-order valence-corrected chi connectivity index (χ1v) is 11.3. The molecule has 7 nitrogen and oxygen atoms in total. The van der Waals surface area contributed by atoms with Crippen LogP contribution in [-0.2, 0) is 6.42 Å². The Bertz CT molecular complexity index is 1370. The Labute approximate surface area is 197 Å². The molecule has 0 bridgehead atoms. The van der Waals surface area contributed by atoms with Crippen LogP contribution in [0.3, 0.4) is 0 Å². The van der Waals surface area contributed by atoms with Gasteiger partial charge in [0.2, 0.25) is 0 Å².